The lowest BCUT2D eigenvalue weighted by Crippen LogP contribution is -2.31. The Morgan fingerprint density at radius 3 is 2.67 bits per heavy atom. The number of pyridine rings is 1. The molecule has 1 N–H and O–H groups in total. The monoisotopic (exact) mass is 364 g/mol. The van der Waals surface area contributed by atoms with Crippen molar-refractivity contribution in [1.29, 1.82) is 0 Å². The van der Waals surface area contributed by atoms with Crippen LogP contribution in [-0.4, -0.2) is 46.9 Å². The minimum Gasteiger partial charge on any atom is -0.324 e. The van der Waals surface area contributed by atoms with Crippen molar-refractivity contribution in [3.63, 3.8) is 0 Å². The molecule has 2 aliphatic heterocycles. The molecule has 27 heavy (non-hydrogen) atoms. The lowest BCUT2D eigenvalue weighted by atomic mass is 9.99. The van der Waals surface area contributed by atoms with Crippen LogP contribution in [0.1, 0.15) is 36.0 Å². The zero-order chi connectivity index (χ0) is 18.5. The quantitative estimate of drug-likeness (QED) is 0.856. The number of aromatic nitrogens is 1. The van der Waals surface area contributed by atoms with E-state index in [1.165, 1.54) is 29.5 Å². The number of nitrogens with zero attached hydrogens (tertiary/aromatic N) is 3. The third-order valence-corrected chi connectivity index (χ3v) is 5.60. The third kappa shape index (κ3) is 4.73. The Morgan fingerprint density at radius 1 is 1.04 bits per heavy atom. The molecule has 3 heterocycles. The van der Waals surface area contributed by atoms with Gasteiger partial charge in [-0.1, -0.05) is 30.3 Å². The van der Waals surface area contributed by atoms with E-state index in [1.807, 2.05) is 6.20 Å². The first-order valence-electron chi connectivity index (χ1n) is 10.0. The molecule has 0 aliphatic carbocycles. The van der Waals surface area contributed by atoms with Gasteiger partial charge in [-0.05, 0) is 49.0 Å². The summed E-state index contributed by atoms with van der Waals surface area (Å²) in [7, 11) is 0. The maximum atomic E-state index is 12.4. The van der Waals surface area contributed by atoms with Crippen molar-refractivity contribution in [3.8, 4) is 0 Å². The molecular weight excluding hydrogens is 336 g/mol. The van der Waals surface area contributed by atoms with Gasteiger partial charge in [0.1, 0.15) is 0 Å². The molecule has 0 spiro atoms. The Labute approximate surface area is 161 Å². The standard InChI is InChI=1S/C22H28N4O/c27-22(9-13-25-10-4-5-11-25)24-21-15-23-14-19-17-26(12-8-20(19)21)16-18-6-2-1-3-7-18/h1-3,6-7,14-15H,4-5,8-13,16-17H2,(H,24,27). The number of benzene rings is 1. The molecule has 0 bridgehead atoms. The molecule has 2 aliphatic rings. The number of likely N-dealkylation sites (tertiary alicyclic amines) is 1. The fourth-order valence-electron chi connectivity index (χ4n) is 4.11. The topological polar surface area (TPSA) is 48.5 Å². The molecule has 2 aromatic rings. The molecule has 1 aromatic carbocycles. The summed E-state index contributed by atoms with van der Waals surface area (Å²) >= 11 is 0. The molecule has 5 nitrogen and oxygen atoms in total. The summed E-state index contributed by atoms with van der Waals surface area (Å²) in [4.78, 5) is 21.6. The van der Waals surface area contributed by atoms with Crippen LogP contribution < -0.4 is 5.32 Å². The van der Waals surface area contributed by atoms with Crippen molar-refractivity contribution >= 4 is 11.6 Å². The zero-order valence-electron chi connectivity index (χ0n) is 15.9. The molecule has 142 valence electrons. The number of anilines is 1. The van der Waals surface area contributed by atoms with Crippen LogP contribution in [0.3, 0.4) is 0 Å². The average molecular weight is 364 g/mol. The fraction of sp³-hybridized carbons (Fsp3) is 0.455. The van der Waals surface area contributed by atoms with Crippen LogP contribution in [-0.2, 0) is 24.3 Å². The first kappa shape index (κ1) is 18.1. The van der Waals surface area contributed by atoms with E-state index in [9.17, 15) is 4.79 Å². The Kier molecular flexibility index (Phi) is 5.80. The Balaban J connectivity index is 1.36. The van der Waals surface area contributed by atoms with Crippen molar-refractivity contribution in [2.75, 3.05) is 31.5 Å². The Morgan fingerprint density at radius 2 is 1.85 bits per heavy atom. The van der Waals surface area contributed by atoms with E-state index in [1.54, 1.807) is 6.20 Å². The largest absolute Gasteiger partial charge is 0.324 e. The SMILES string of the molecule is O=C(CCN1CCCC1)Nc1cncc2c1CCN(Cc1ccccc1)C2. The highest BCUT2D eigenvalue weighted by molar-refractivity contribution is 5.91. The minimum atomic E-state index is 0.101. The van der Waals surface area contributed by atoms with Crippen LogP contribution in [0.2, 0.25) is 0 Å². The highest BCUT2D eigenvalue weighted by Crippen LogP contribution is 2.26. The second kappa shape index (κ2) is 8.63. The molecular formula is C22H28N4O. The lowest BCUT2D eigenvalue weighted by molar-refractivity contribution is -0.116. The van der Waals surface area contributed by atoms with Gasteiger partial charge in [0.15, 0.2) is 0 Å². The van der Waals surface area contributed by atoms with Crippen molar-refractivity contribution in [2.45, 2.75) is 38.8 Å². The molecule has 0 radical (unpaired) electrons. The number of rotatable bonds is 6. The Hall–Kier alpha value is -2.24. The second-order valence-electron chi connectivity index (χ2n) is 7.62. The number of nitrogens with one attached hydrogen (secondary N) is 1. The number of amides is 1. The molecule has 1 saturated heterocycles. The van der Waals surface area contributed by atoms with Crippen LogP contribution in [0.4, 0.5) is 5.69 Å². The van der Waals surface area contributed by atoms with Crippen LogP contribution in [0.15, 0.2) is 42.7 Å². The highest BCUT2D eigenvalue weighted by Gasteiger charge is 2.20. The first-order chi connectivity index (χ1) is 13.3. The minimum absolute atomic E-state index is 0.101. The van der Waals surface area contributed by atoms with Gasteiger partial charge in [0, 0.05) is 38.8 Å². The zero-order valence-corrected chi connectivity index (χ0v) is 15.9. The van der Waals surface area contributed by atoms with Crippen LogP contribution in [0.5, 0.6) is 0 Å². The number of fused-ring (bicyclic) bond motifs is 1. The normalized spacial score (nSPS) is 17.6. The molecule has 0 saturated carbocycles. The summed E-state index contributed by atoms with van der Waals surface area (Å²) < 4.78 is 0. The van der Waals surface area contributed by atoms with Crippen LogP contribution >= 0.6 is 0 Å². The molecule has 1 aromatic heterocycles. The van der Waals surface area contributed by atoms with Crippen LogP contribution in [0.25, 0.3) is 0 Å². The van der Waals surface area contributed by atoms with Crippen molar-refractivity contribution in [1.82, 2.24) is 14.8 Å². The number of carbonyl (C=O) groups excluding carboxylic acids is 1. The number of hydrogen-bond acceptors (Lipinski definition) is 4. The number of carbonyl (C=O) groups is 1. The second-order valence-corrected chi connectivity index (χ2v) is 7.62. The number of hydrogen-bond donors (Lipinski definition) is 1. The predicted molar refractivity (Wildman–Crippen MR) is 107 cm³/mol. The molecule has 0 atom stereocenters. The van der Waals surface area contributed by atoms with Crippen molar-refractivity contribution in [2.24, 2.45) is 0 Å². The van der Waals surface area contributed by atoms with E-state index >= 15 is 0 Å². The van der Waals surface area contributed by atoms with Gasteiger partial charge in [-0.3, -0.25) is 14.7 Å². The first-order valence-corrected chi connectivity index (χ1v) is 10.0. The summed E-state index contributed by atoms with van der Waals surface area (Å²) in [5, 5.41) is 3.11. The summed E-state index contributed by atoms with van der Waals surface area (Å²) in [6.07, 6.45) is 7.79. The van der Waals surface area contributed by atoms with E-state index in [0.29, 0.717) is 6.42 Å². The third-order valence-electron chi connectivity index (χ3n) is 5.60. The van der Waals surface area contributed by atoms with Crippen molar-refractivity contribution in [3.05, 3.63) is 59.4 Å². The maximum Gasteiger partial charge on any atom is 0.225 e. The fourth-order valence-corrected chi connectivity index (χ4v) is 4.11. The smallest absolute Gasteiger partial charge is 0.225 e. The highest BCUT2D eigenvalue weighted by atomic mass is 16.1. The van der Waals surface area contributed by atoms with Gasteiger partial charge in [-0.25, -0.2) is 0 Å². The van der Waals surface area contributed by atoms with Gasteiger partial charge in [0.2, 0.25) is 5.91 Å². The molecule has 1 fully saturated rings. The van der Waals surface area contributed by atoms with Gasteiger partial charge in [0.25, 0.3) is 0 Å². The van der Waals surface area contributed by atoms with E-state index in [2.05, 4.69) is 50.4 Å². The lowest BCUT2D eigenvalue weighted by Gasteiger charge is -2.29. The molecule has 4 rings (SSSR count). The van der Waals surface area contributed by atoms with E-state index in [4.69, 9.17) is 0 Å². The van der Waals surface area contributed by atoms with Gasteiger partial charge in [0.05, 0.1) is 11.9 Å². The van der Waals surface area contributed by atoms with Gasteiger partial charge >= 0.3 is 0 Å². The molecule has 5 heteroatoms. The Bertz CT molecular complexity index is 771. The van der Waals surface area contributed by atoms with Crippen LogP contribution in [0, 0.1) is 0 Å². The summed E-state index contributed by atoms with van der Waals surface area (Å²) in [5.74, 6) is 0.101. The van der Waals surface area contributed by atoms with Gasteiger partial charge in [-0.15, -0.1) is 0 Å². The predicted octanol–water partition coefficient (Wildman–Crippen LogP) is 3.06. The van der Waals surface area contributed by atoms with E-state index < -0.39 is 0 Å². The maximum absolute atomic E-state index is 12.4. The molecule has 1 amide bonds. The van der Waals surface area contributed by atoms with Gasteiger partial charge < -0.3 is 10.2 Å². The summed E-state index contributed by atoms with van der Waals surface area (Å²) in [6.45, 7) is 5.96. The van der Waals surface area contributed by atoms with E-state index in [-0.39, 0.29) is 5.91 Å². The molecule has 0 unspecified atom stereocenters. The van der Waals surface area contributed by atoms with Crippen molar-refractivity contribution < 1.29 is 4.79 Å². The summed E-state index contributed by atoms with van der Waals surface area (Å²) in [5.41, 5.74) is 4.72. The van der Waals surface area contributed by atoms with E-state index in [0.717, 1.165) is 51.4 Å². The summed E-state index contributed by atoms with van der Waals surface area (Å²) in [6, 6.07) is 10.6. The average Bonchev–Trinajstić information content (AvgIpc) is 3.21. The van der Waals surface area contributed by atoms with Gasteiger partial charge in [-0.2, -0.15) is 0 Å².